The van der Waals surface area contributed by atoms with Crippen LogP contribution in [0.4, 0.5) is 11.8 Å². The molecule has 0 atom stereocenters. The summed E-state index contributed by atoms with van der Waals surface area (Å²) in [4.78, 5) is 11.5. The SMILES string of the molecule is CN(C)c1nc(NC2CCC(NCc3ccc(Cl)c(Cl)c3)CC2)nc2ccccc12. The second-order valence-electron chi connectivity index (χ2n) is 8.10. The number of fused-ring (bicyclic) bond motifs is 1. The Balaban J connectivity index is 1.34. The third-order valence-corrected chi connectivity index (χ3v) is 6.39. The molecule has 4 rings (SSSR count). The van der Waals surface area contributed by atoms with E-state index in [0.717, 1.165) is 54.5 Å². The average Bonchev–Trinajstić information content (AvgIpc) is 2.75. The second kappa shape index (κ2) is 9.38. The number of anilines is 2. The fraction of sp³-hybridized carbons (Fsp3) is 0.391. The highest BCUT2D eigenvalue weighted by atomic mass is 35.5. The fourth-order valence-electron chi connectivity index (χ4n) is 4.00. The van der Waals surface area contributed by atoms with E-state index in [1.54, 1.807) is 0 Å². The number of hydrogen-bond donors (Lipinski definition) is 2. The zero-order valence-electron chi connectivity index (χ0n) is 17.3. The van der Waals surface area contributed by atoms with Crippen molar-refractivity contribution < 1.29 is 0 Å². The summed E-state index contributed by atoms with van der Waals surface area (Å²) >= 11 is 12.1. The van der Waals surface area contributed by atoms with Gasteiger partial charge in [-0.1, -0.05) is 41.4 Å². The van der Waals surface area contributed by atoms with E-state index in [2.05, 4.69) is 16.7 Å². The first-order valence-electron chi connectivity index (χ1n) is 10.4. The van der Waals surface area contributed by atoms with Crippen molar-refractivity contribution in [2.45, 2.75) is 44.3 Å². The molecule has 0 radical (unpaired) electrons. The first kappa shape index (κ1) is 21.2. The number of nitrogens with zero attached hydrogens (tertiary/aromatic N) is 3. The summed E-state index contributed by atoms with van der Waals surface area (Å²) in [5.41, 5.74) is 2.13. The molecule has 30 heavy (non-hydrogen) atoms. The van der Waals surface area contributed by atoms with Crippen molar-refractivity contribution in [1.82, 2.24) is 15.3 Å². The zero-order valence-corrected chi connectivity index (χ0v) is 18.8. The normalized spacial score (nSPS) is 19.1. The van der Waals surface area contributed by atoms with Crippen LogP contribution in [0.15, 0.2) is 42.5 Å². The highest BCUT2D eigenvalue weighted by Crippen LogP contribution is 2.27. The Bertz CT molecular complexity index is 1020. The lowest BCUT2D eigenvalue weighted by Crippen LogP contribution is -2.37. The lowest BCUT2D eigenvalue weighted by atomic mass is 9.91. The molecule has 1 fully saturated rings. The number of halogens is 2. The third kappa shape index (κ3) is 4.97. The Morgan fingerprint density at radius 3 is 2.40 bits per heavy atom. The van der Waals surface area contributed by atoms with Crippen LogP contribution in [0.2, 0.25) is 10.0 Å². The monoisotopic (exact) mass is 443 g/mol. The van der Waals surface area contributed by atoms with Crippen LogP contribution >= 0.6 is 23.2 Å². The minimum absolute atomic E-state index is 0.393. The second-order valence-corrected chi connectivity index (χ2v) is 8.92. The van der Waals surface area contributed by atoms with Crippen molar-refractivity contribution in [3.8, 4) is 0 Å². The summed E-state index contributed by atoms with van der Waals surface area (Å²) in [5, 5.41) is 9.50. The van der Waals surface area contributed by atoms with Gasteiger partial charge in [0, 0.05) is 38.1 Å². The summed E-state index contributed by atoms with van der Waals surface area (Å²) in [5.74, 6) is 1.66. The molecule has 1 heterocycles. The minimum atomic E-state index is 0.393. The van der Waals surface area contributed by atoms with Gasteiger partial charge in [-0.3, -0.25) is 0 Å². The molecule has 1 aliphatic carbocycles. The molecule has 1 aromatic heterocycles. The number of hydrogen-bond acceptors (Lipinski definition) is 5. The van der Waals surface area contributed by atoms with Gasteiger partial charge in [-0.15, -0.1) is 0 Å². The molecule has 0 amide bonds. The molecular weight excluding hydrogens is 417 g/mol. The van der Waals surface area contributed by atoms with Gasteiger partial charge in [-0.05, 0) is 55.5 Å². The lowest BCUT2D eigenvalue weighted by Gasteiger charge is -2.30. The van der Waals surface area contributed by atoms with E-state index in [1.807, 2.05) is 55.4 Å². The molecule has 0 spiro atoms. The van der Waals surface area contributed by atoms with Gasteiger partial charge >= 0.3 is 0 Å². The lowest BCUT2D eigenvalue weighted by molar-refractivity contribution is 0.352. The molecule has 0 bridgehead atoms. The van der Waals surface area contributed by atoms with E-state index in [9.17, 15) is 0 Å². The molecule has 3 aromatic rings. The predicted octanol–water partition coefficient (Wildman–Crippen LogP) is 5.52. The topological polar surface area (TPSA) is 53.1 Å². The van der Waals surface area contributed by atoms with E-state index in [-0.39, 0.29) is 0 Å². The molecule has 2 N–H and O–H groups in total. The summed E-state index contributed by atoms with van der Waals surface area (Å²) in [6.45, 7) is 0.805. The van der Waals surface area contributed by atoms with Gasteiger partial charge in [0.05, 0.1) is 15.6 Å². The molecule has 7 heteroatoms. The molecule has 0 unspecified atom stereocenters. The number of aromatic nitrogens is 2. The van der Waals surface area contributed by atoms with Crippen molar-refractivity contribution >= 4 is 45.9 Å². The molecule has 0 aliphatic heterocycles. The Morgan fingerprint density at radius 2 is 1.67 bits per heavy atom. The fourth-order valence-corrected chi connectivity index (χ4v) is 4.32. The molecular formula is C23H27Cl2N5. The summed E-state index contributed by atoms with van der Waals surface area (Å²) in [6, 6.07) is 14.9. The van der Waals surface area contributed by atoms with Crippen molar-refractivity contribution in [2.75, 3.05) is 24.3 Å². The first-order valence-corrected chi connectivity index (χ1v) is 11.1. The van der Waals surface area contributed by atoms with Gasteiger partial charge in [0.25, 0.3) is 0 Å². The van der Waals surface area contributed by atoms with Crippen LogP contribution in [-0.2, 0) is 6.54 Å². The van der Waals surface area contributed by atoms with Crippen LogP contribution in [-0.4, -0.2) is 36.1 Å². The summed E-state index contributed by atoms with van der Waals surface area (Å²) < 4.78 is 0. The van der Waals surface area contributed by atoms with E-state index in [0.29, 0.717) is 28.1 Å². The smallest absolute Gasteiger partial charge is 0.225 e. The number of rotatable bonds is 6. The predicted molar refractivity (Wildman–Crippen MR) is 127 cm³/mol. The summed E-state index contributed by atoms with van der Waals surface area (Å²) in [7, 11) is 4.03. The summed E-state index contributed by atoms with van der Waals surface area (Å²) in [6.07, 6.45) is 4.42. The molecule has 1 aliphatic rings. The van der Waals surface area contributed by atoms with Crippen LogP contribution in [0, 0.1) is 0 Å². The number of nitrogens with one attached hydrogen (secondary N) is 2. The van der Waals surface area contributed by atoms with Crippen LogP contribution in [0.3, 0.4) is 0 Å². The van der Waals surface area contributed by atoms with Crippen molar-refractivity contribution in [1.29, 1.82) is 0 Å². The standard InChI is InChI=1S/C23H27Cl2N5/c1-30(2)22-18-5-3-4-6-21(18)28-23(29-22)27-17-10-8-16(9-11-17)26-14-15-7-12-19(24)20(25)13-15/h3-7,12-13,16-17,26H,8-11,14H2,1-2H3,(H,27,28,29). The Hall–Kier alpha value is -2.08. The molecule has 5 nitrogen and oxygen atoms in total. The van der Waals surface area contributed by atoms with Crippen LogP contribution < -0.4 is 15.5 Å². The van der Waals surface area contributed by atoms with Crippen molar-refractivity contribution in [3.05, 3.63) is 58.1 Å². The number of benzene rings is 2. The molecule has 158 valence electrons. The highest BCUT2D eigenvalue weighted by molar-refractivity contribution is 6.42. The van der Waals surface area contributed by atoms with E-state index in [4.69, 9.17) is 33.2 Å². The zero-order chi connectivity index (χ0) is 21.1. The van der Waals surface area contributed by atoms with E-state index < -0.39 is 0 Å². The minimum Gasteiger partial charge on any atom is -0.362 e. The van der Waals surface area contributed by atoms with Gasteiger partial charge in [0.2, 0.25) is 5.95 Å². The molecule has 1 saturated carbocycles. The maximum atomic E-state index is 6.12. The average molecular weight is 444 g/mol. The van der Waals surface area contributed by atoms with E-state index in [1.165, 1.54) is 0 Å². The van der Waals surface area contributed by atoms with E-state index >= 15 is 0 Å². The molecule has 0 saturated heterocycles. The highest BCUT2D eigenvalue weighted by Gasteiger charge is 2.22. The maximum Gasteiger partial charge on any atom is 0.225 e. The Kier molecular flexibility index (Phi) is 6.61. The first-order chi connectivity index (χ1) is 14.5. The maximum absolute atomic E-state index is 6.12. The Labute approximate surface area is 187 Å². The Morgan fingerprint density at radius 1 is 0.933 bits per heavy atom. The largest absolute Gasteiger partial charge is 0.362 e. The van der Waals surface area contributed by atoms with Gasteiger partial charge in [0.1, 0.15) is 5.82 Å². The van der Waals surface area contributed by atoms with Crippen LogP contribution in [0.5, 0.6) is 0 Å². The van der Waals surface area contributed by atoms with Gasteiger partial charge in [-0.25, -0.2) is 4.98 Å². The van der Waals surface area contributed by atoms with Crippen molar-refractivity contribution in [2.24, 2.45) is 0 Å². The van der Waals surface area contributed by atoms with Gasteiger partial charge in [-0.2, -0.15) is 4.98 Å². The van der Waals surface area contributed by atoms with Crippen LogP contribution in [0.1, 0.15) is 31.2 Å². The number of para-hydroxylation sites is 1. The van der Waals surface area contributed by atoms with Gasteiger partial charge < -0.3 is 15.5 Å². The van der Waals surface area contributed by atoms with Crippen molar-refractivity contribution in [3.63, 3.8) is 0 Å². The molecule has 2 aromatic carbocycles. The third-order valence-electron chi connectivity index (χ3n) is 5.65. The quantitative estimate of drug-likeness (QED) is 0.525. The van der Waals surface area contributed by atoms with Crippen LogP contribution in [0.25, 0.3) is 10.9 Å². The van der Waals surface area contributed by atoms with Gasteiger partial charge in [0.15, 0.2) is 0 Å².